The molecule has 0 fully saturated rings. The number of hydrogen-bond donors (Lipinski definition) is 1. The monoisotopic (exact) mass is 372 g/mol. The van der Waals surface area contributed by atoms with Crippen LogP contribution in [0.25, 0.3) is 11.4 Å². The molecule has 1 amide bonds. The number of rotatable bonds is 8. The summed E-state index contributed by atoms with van der Waals surface area (Å²) in [6, 6.07) is 7.51. The number of nitrogens with one attached hydrogen (secondary N) is 1. The SMILES string of the molecule is CCCCc1nc(-c2ccc(OCc3csc(NC(C)=O)n3)cc2)no1. The molecule has 8 heteroatoms. The van der Waals surface area contributed by atoms with Crippen molar-refractivity contribution in [1.82, 2.24) is 15.1 Å². The van der Waals surface area contributed by atoms with Crippen molar-refractivity contribution in [2.75, 3.05) is 5.32 Å². The molecule has 0 saturated heterocycles. The van der Waals surface area contributed by atoms with Gasteiger partial charge in [-0.15, -0.1) is 11.3 Å². The fourth-order valence-corrected chi connectivity index (χ4v) is 2.98. The van der Waals surface area contributed by atoms with Crippen LogP contribution < -0.4 is 10.1 Å². The van der Waals surface area contributed by atoms with Gasteiger partial charge in [0.15, 0.2) is 5.13 Å². The molecule has 0 atom stereocenters. The second-order valence-corrected chi connectivity index (χ2v) is 6.61. The van der Waals surface area contributed by atoms with Crippen molar-refractivity contribution in [2.24, 2.45) is 0 Å². The largest absolute Gasteiger partial charge is 0.487 e. The lowest BCUT2D eigenvalue weighted by atomic mass is 10.2. The van der Waals surface area contributed by atoms with E-state index in [1.54, 1.807) is 0 Å². The number of aryl methyl sites for hydroxylation is 1. The molecule has 136 valence electrons. The van der Waals surface area contributed by atoms with Gasteiger partial charge in [-0.05, 0) is 30.7 Å². The topological polar surface area (TPSA) is 90.1 Å². The highest BCUT2D eigenvalue weighted by molar-refractivity contribution is 7.13. The molecule has 1 aromatic carbocycles. The normalized spacial score (nSPS) is 10.7. The quantitative estimate of drug-likeness (QED) is 0.641. The van der Waals surface area contributed by atoms with Gasteiger partial charge in [-0.2, -0.15) is 4.98 Å². The summed E-state index contributed by atoms with van der Waals surface area (Å²) in [5, 5.41) is 9.10. The molecule has 0 radical (unpaired) electrons. The van der Waals surface area contributed by atoms with Crippen LogP contribution in [0.1, 0.15) is 38.3 Å². The van der Waals surface area contributed by atoms with Crippen LogP contribution in [0, 0.1) is 0 Å². The third kappa shape index (κ3) is 4.89. The van der Waals surface area contributed by atoms with Gasteiger partial charge in [-0.3, -0.25) is 4.79 Å². The van der Waals surface area contributed by atoms with Crippen molar-refractivity contribution in [3.63, 3.8) is 0 Å². The first-order chi connectivity index (χ1) is 12.6. The van der Waals surface area contributed by atoms with Gasteiger partial charge >= 0.3 is 0 Å². The summed E-state index contributed by atoms with van der Waals surface area (Å²) in [7, 11) is 0. The standard InChI is InChI=1S/C18H20N4O3S/c1-3-4-5-16-21-17(22-25-16)13-6-8-15(9-7-13)24-10-14-11-26-18(20-14)19-12(2)23/h6-9,11H,3-5,10H2,1-2H3,(H,19,20,23). The van der Waals surface area contributed by atoms with Gasteiger partial charge in [-0.25, -0.2) is 4.98 Å². The smallest absolute Gasteiger partial charge is 0.226 e. The Balaban J connectivity index is 1.56. The molecule has 3 aromatic rings. The number of amides is 1. The van der Waals surface area contributed by atoms with E-state index in [1.165, 1.54) is 18.3 Å². The molecule has 7 nitrogen and oxygen atoms in total. The molecule has 0 aliphatic heterocycles. The van der Waals surface area contributed by atoms with Gasteiger partial charge in [0.25, 0.3) is 0 Å². The van der Waals surface area contributed by atoms with Crippen LogP contribution in [0.5, 0.6) is 5.75 Å². The minimum Gasteiger partial charge on any atom is -0.487 e. The number of carbonyl (C=O) groups excluding carboxylic acids is 1. The van der Waals surface area contributed by atoms with Crippen molar-refractivity contribution in [2.45, 2.75) is 39.7 Å². The van der Waals surface area contributed by atoms with Crippen molar-refractivity contribution in [3.8, 4) is 17.1 Å². The number of carbonyl (C=O) groups is 1. The van der Waals surface area contributed by atoms with Crippen LogP contribution in [-0.4, -0.2) is 21.0 Å². The molecule has 0 spiro atoms. The lowest BCUT2D eigenvalue weighted by Gasteiger charge is -2.04. The third-order valence-electron chi connectivity index (χ3n) is 3.55. The van der Waals surface area contributed by atoms with E-state index in [4.69, 9.17) is 9.26 Å². The number of hydrogen-bond acceptors (Lipinski definition) is 7. The van der Waals surface area contributed by atoms with E-state index in [2.05, 4.69) is 27.4 Å². The minimum absolute atomic E-state index is 0.137. The van der Waals surface area contributed by atoms with E-state index in [1.807, 2.05) is 29.6 Å². The molecule has 2 heterocycles. The van der Waals surface area contributed by atoms with Crippen molar-refractivity contribution in [3.05, 3.63) is 41.2 Å². The summed E-state index contributed by atoms with van der Waals surface area (Å²) < 4.78 is 11.0. The predicted octanol–water partition coefficient (Wildman–Crippen LogP) is 4.07. The first-order valence-electron chi connectivity index (χ1n) is 8.42. The first-order valence-corrected chi connectivity index (χ1v) is 9.30. The second kappa shape index (κ2) is 8.57. The van der Waals surface area contributed by atoms with E-state index in [0.717, 1.165) is 36.3 Å². The first kappa shape index (κ1) is 18.1. The van der Waals surface area contributed by atoms with E-state index >= 15 is 0 Å². The van der Waals surface area contributed by atoms with E-state index < -0.39 is 0 Å². The predicted molar refractivity (Wildman–Crippen MR) is 99.1 cm³/mol. The molecule has 0 saturated carbocycles. The average Bonchev–Trinajstić information content (AvgIpc) is 3.27. The van der Waals surface area contributed by atoms with Gasteiger partial charge in [0.2, 0.25) is 17.6 Å². The Hall–Kier alpha value is -2.74. The fourth-order valence-electron chi connectivity index (χ4n) is 2.24. The van der Waals surface area contributed by atoms with Crippen LogP contribution in [0.2, 0.25) is 0 Å². The number of thiazole rings is 1. The molecular formula is C18H20N4O3S. The molecular weight excluding hydrogens is 352 g/mol. The number of benzene rings is 1. The van der Waals surface area contributed by atoms with Crippen molar-refractivity contribution < 1.29 is 14.1 Å². The molecule has 26 heavy (non-hydrogen) atoms. The zero-order valence-corrected chi connectivity index (χ0v) is 15.5. The van der Waals surface area contributed by atoms with Gasteiger partial charge in [0.1, 0.15) is 12.4 Å². The Kier molecular flexibility index (Phi) is 5.96. The Morgan fingerprint density at radius 3 is 2.81 bits per heavy atom. The van der Waals surface area contributed by atoms with E-state index in [9.17, 15) is 4.79 Å². The number of aromatic nitrogens is 3. The summed E-state index contributed by atoms with van der Waals surface area (Å²) in [6.45, 7) is 3.91. The maximum absolute atomic E-state index is 11.0. The maximum Gasteiger partial charge on any atom is 0.226 e. The summed E-state index contributed by atoms with van der Waals surface area (Å²) in [6.07, 6.45) is 2.93. The van der Waals surface area contributed by atoms with Gasteiger partial charge in [0, 0.05) is 24.3 Å². The highest BCUT2D eigenvalue weighted by Crippen LogP contribution is 2.22. The Labute approximate surface area is 155 Å². The zero-order chi connectivity index (χ0) is 18.4. The van der Waals surface area contributed by atoms with E-state index in [0.29, 0.717) is 23.5 Å². The Bertz CT molecular complexity index is 857. The maximum atomic E-state index is 11.0. The molecule has 0 unspecified atom stereocenters. The molecule has 2 aromatic heterocycles. The number of anilines is 1. The highest BCUT2D eigenvalue weighted by Gasteiger charge is 2.09. The number of unbranched alkanes of at least 4 members (excludes halogenated alkanes) is 1. The second-order valence-electron chi connectivity index (χ2n) is 5.75. The minimum atomic E-state index is -0.137. The molecule has 1 N–H and O–H groups in total. The van der Waals surface area contributed by atoms with Crippen molar-refractivity contribution >= 4 is 22.4 Å². The third-order valence-corrected chi connectivity index (χ3v) is 4.35. The lowest BCUT2D eigenvalue weighted by Crippen LogP contribution is -2.05. The Morgan fingerprint density at radius 1 is 1.27 bits per heavy atom. The fraction of sp³-hybridized carbons (Fsp3) is 0.333. The van der Waals surface area contributed by atoms with Gasteiger partial charge in [0.05, 0.1) is 5.69 Å². The lowest BCUT2D eigenvalue weighted by molar-refractivity contribution is -0.114. The zero-order valence-electron chi connectivity index (χ0n) is 14.7. The molecule has 0 aliphatic carbocycles. The molecule has 0 aliphatic rings. The number of nitrogens with zero attached hydrogens (tertiary/aromatic N) is 3. The van der Waals surface area contributed by atoms with Crippen LogP contribution in [0.4, 0.5) is 5.13 Å². The van der Waals surface area contributed by atoms with Gasteiger partial charge < -0.3 is 14.6 Å². The van der Waals surface area contributed by atoms with Crippen LogP contribution in [0.15, 0.2) is 34.2 Å². The Morgan fingerprint density at radius 2 is 2.08 bits per heavy atom. The summed E-state index contributed by atoms with van der Waals surface area (Å²) in [5.74, 6) is 1.84. The summed E-state index contributed by atoms with van der Waals surface area (Å²) >= 11 is 1.37. The molecule has 0 bridgehead atoms. The summed E-state index contributed by atoms with van der Waals surface area (Å²) in [4.78, 5) is 19.7. The number of ether oxygens (including phenoxy) is 1. The highest BCUT2D eigenvalue weighted by atomic mass is 32.1. The summed E-state index contributed by atoms with van der Waals surface area (Å²) in [5.41, 5.74) is 1.65. The molecule has 3 rings (SSSR count). The van der Waals surface area contributed by atoms with Gasteiger partial charge in [-0.1, -0.05) is 18.5 Å². The van der Waals surface area contributed by atoms with E-state index in [-0.39, 0.29) is 5.91 Å². The van der Waals surface area contributed by atoms with Crippen LogP contribution in [0.3, 0.4) is 0 Å². The van der Waals surface area contributed by atoms with Crippen LogP contribution in [-0.2, 0) is 17.8 Å². The van der Waals surface area contributed by atoms with Crippen LogP contribution >= 0.6 is 11.3 Å². The van der Waals surface area contributed by atoms with Crippen molar-refractivity contribution in [1.29, 1.82) is 0 Å². The average molecular weight is 372 g/mol.